The van der Waals surface area contributed by atoms with Gasteiger partial charge in [-0.1, -0.05) is 42.2 Å². The predicted molar refractivity (Wildman–Crippen MR) is 85.2 cm³/mol. The van der Waals surface area contributed by atoms with Crippen LogP contribution in [0, 0.1) is 19.8 Å². The van der Waals surface area contributed by atoms with E-state index in [-0.39, 0.29) is 24.5 Å². The molecule has 2 atom stereocenters. The molecule has 0 saturated heterocycles. The summed E-state index contributed by atoms with van der Waals surface area (Å²) in [6.07, 6.45) is 5.65. The molecule has 1 aromatic carbocycles. The minimum absolute atomic E-state index is 0.111. The highest BCUT2D eigenvalue weighted by molar-refractivity contribution is 5.76. The molecular weight excluding hydrogens is 262 g/mol. The first-order valence-electron chi connectivity index (χ1n) is 8.06. The number of aryl methyl sites for hydroxylation is 3. The van der Waals surface area contributed by atoms with Gasteiger partial charge in [-0.05, 0) is 38.7 Å². The maximum atomic E-state index is 12.1. The summed E-state index contributed by atoms with van der Waals surface area (Å²) in [7, 11) is 0. The maximum Gasteiger partial charge on any atom is 0.220 e. The van der Waals surface area contributed by atoms with Crippen molar-refractivity contribution in [2.75, 3.05) is 6.61 Å². The molecule has 2 N–H and O–H groups in total. The standard InChI is InChI=1S/C18H27NO2/c1-13-9-14(2)11-15(10-13)7-8-18(21)19-17-6-4-3-5-16(17)12-20/h9-11,16-17,20H,3-8,12H2,1-2H3,(H,19,21). The molecule has 3 heteroatoms. The van der Waals surface area contributed by atoms with Crippen LogP contribution in [0.5, 0.6) is 0 Å². The zero-order valence-electron chi connectivity index (χ0n) is 13.2. The van der Waals surface area contributed by atoms with Gasteiger partial charge in [-0.15, -0.1) is 0 Å². The summed E-state index contributed by atoms with van der Waals surface area (Å²) in [4.78, 5) is 12.1. The first-order chi connectivity index (χ1) is 10.1. The van der Waals surface area contributed by atoms with Gasteiger partial charge < -0.3 is 10.4 Å². The van der Waals surface area contributed by atoms with Crippen LogP contribution in [-0.4, -0.2) is 23.7 Å². The number of amides is 1. The molecule has 2 rings (SSSR count). The zero-order chi connectivity index (χ0) is 15.2. The summed E-state index contributed by atoms with van der Waals surface area (Å²) < 4.78 is 0. The van der Waals surface area contributed by atoms with E-state index in [9.17, 15) is 9.90 Å². The summed E-state index contributed by atoms with van der Waals surface area (Å²) in [5.74, 6) is 0.350. The first-order valence-corrected chi connectivity index (χ1v) is 8.06. The molecule has 0 bridgehead atoms. The van der Waals surface area contributed by atoms with Gasteiger partial charge in [-0.3, -0.25) is 4.79 Å². The molecule has 0 radical (unpaired) electrons. The third kappa shape index (κ3) is 4.85. The van der Waals surface area contributed by atoms with E-state index in [1.54, 1.807) is 0 Å². The van der Waals surface area contributed by atoms with Crippen LogP contribution in [0.2, 0.25) is 0 Å². The fourth-order valence-corrected chi connectivity index (χ4v) is 3.37. The average Bonchev–Trinajstić information content (AvgIpc) is 2.45. The van der Waals surface area contributed by atoms with Crippen molar-refractivity contribution in [1.29, 1.82) is 0 Å². The summed E-state index contributed by atoms with van der Waals surface area (Å²) in [5, 5.41) is 12.5. The van der Waals surface area contributed by atoms with Crippen LogP contribution in [-0.2, 0) is 11.2 Å². The highest BCUT2D eigenvalue weighted by Gasteiger charge is 2.25. The average molecular weight is 289 g/mol. The second-order valence-corrected chi connectivity index (χ2v) is 6.40. The van der Waals surface area contributed by atoms with Crippen LogP contribution in [0.25, 0.3) is 0 Å². The lowest BCUT2D eigenvalue weighted by molar-refractivity contribution is -0.122. The van der Waals surface area contributed by atoms with E-state index in [0.29, 0.717) is 6.42 Å². The highest BCUT2D eigenvalue weighted by Crippen LogP contribution is 2.24. The van der Waals surface area contributed by atoms with Crippen molar-refractivity contribution in [2.45, 2.75) is 58.4 Å². The van der Waals surface area contributed by atoms with E-state index in [2.05, 4.69) is 37.4 Å². The van der Waals surface area contributed by atoms with Crippen molar-refractivity contribution < 1.29 is 9.90 Å². The summed E-state index contributed by atoms with van der Waals surface area (Å²) in [6, 6.07) is 6.61. The van der Waals surface area contributed by atoms with E-state index in [0.717, 1.165) is 25.7 Å². The summed E-state index contributed by atoms with van der Waals surface area (Å²) >= 11 is 0. The second kappa shape index (κ2) is 7.60. The van der Waals surface area contributed by atoms with E-state index in [4.69, 9.17) is 0 Å². The third-order valence-corrected chi connectivity index (χ3v) is 4.41. The van der Waals surface area contributed by atoms with Gasteiger partial charge in [0, 0.05) is 25.0 Å². The number of benzene rings is 1. The lowest BCUT2D eigenvalue weighted by Gasteiger charge is -2.30. The molecule has 0 spiro atoms. The van der Waals surface area contributed by atoms with E-state index < -0.39 is 0 Å². The molecule has 0 aliphatic heterocycles. The Bertz CT molecular complexity index is 464. The molecule has 2 unspecified atom stereocenters. The third-order valence-electron chi connectivity index (χ3n) is 4.41. The Balaban J connectivity index is 1.84. The molecule has 1 saturated carbocycles. The van der Waals surface area contributed by atoms with Crippen LogP contribution in [0.15, 0.2) is 18.2 Å². The Kier molecular flexibility index (Phi) is 5.80. The number of aliphatic hydroxyl groups excluding tert-OH is 1. The van der Waals surface area contributed by atoms with E-state index in [1.165, 1.54) is 23.1 Å². The molecule has 21 heavy (non-hydrogen) atoms. The Morgan fingerprint density at radius 3 is 2.52 bits per heavy atom. The lowest BCUT2D eigenvalue weighted by Crippen LogP contribution is -2.43. The number of carbonyl (C=O) groups is 1. The van der Waals surface area contributed by atoms with Crippen LogP contribution in [0.1, 0.15) is 48.8 Å². The van der Waals surface area contributed by atoms with E-state index >= 15 is 0 Å². The monoisotopic (exact) mass is 289 g/mol. The Morgan fingerprint density at radius 1 is 1.19 bits per heavy atom. The normalized spacial score (nSPS) is 22.0. The number of hydrogen-bond donors (Lipinski definition) is 2. The van der Waals surface area contributed by atoms with Gasteiger partial charge in [0.25, 0.3) is 0 Å². The lowest BCUT2D eigenvalue weighted by atomic mass is 9.85. The molecule has 1 aliphatic rings. The minimum atomic E-state index is 0.111. The van der Waals surface area contributed by atoms with Gasteiger partial charge >= 0.3 is 0 Å². The van der Waals surface area contributed by atoms with Gasteiger partial charge in [-0.25, -0.2) is 0 Å². The van der Waals surface area contributed by atoms with Crippen molar-refractivity contribution in [3.63, 3.8) is 0 Å². The summed E-state index contributed by atoms with van der Waals surface area (Å²) in [6.45, 7) is 4.36. The van der Waals surface area contributed by atoms with Crippen LogP contribution in [0.3, 0.4) is 0 Å². The van der Waals surface area contributed by atoms with Crippen LogP contribution in [0.4, 0.5) is 0 Å². The van der Waals surface area contributed by atoms with Gasteiger partial charge in [0.1, 0.15) is 0 Å². The fourth-order valence-electron chi connectivity index (χ4n) is 3.37. The first kappa shape index (κ1) is 16.0. The Hall–Kier alpha value is -1.35. The van der Waals surface area contributed by atoms with Crippen LogP contribution >= 0.6 is 0 Å². The van der Waals surface area contributed by atoms with E-state index in [1.807, 2.05) is 0 Å². The number of hydrogen-bond acceptors (Lipinski definition) is 2. The van der Waals surface area contributed by atoms with Crippen molar-refractivity contribution in [3.8, 4) is 0 Å². The molecule has 1 aliphatic carbocycles. The van der Waals surface area contributed by atoms with Crippen molar-refractivity contribution in [2.24, 2.45) is 5.92 Å². The maximum absolute atomic E-state index is 12.1. The molecule has 0 aromatic heterocycles. The minimum Gasteiger partial charge on any atom is -0.396 e. The molecule has 1 amide bonds. The number of rotatable bonds is 5. The molecular formula is C18H27NO2. The zero-order valence-corrected chi connectivity index (χ0v) is 13.2. The largest absolute Gasteiger partial charge is 0.396 e. The van der Waals surface area contributed by atoms with Crippen molar-refractivity contribution in [1.82, 2.24) is 5.32 Å². The molecule has 3 nitrogen and oxygen atoms in total. The molecule has 116 valence electrons. The SMILES string of the molecule is Cc1cc(C)cc(CCC(=O)NC2CCCCC2CO)c1. The van der Waals surface area contributed by atoms with Gasteiger partial charge in [0.2, 0.25) is 5.91 Å². The fraction of sp³-hybridized carbons (Fsp3) is 0.611. The molecule has 1 fully saturated rings. The van der Waals surface area contributed by atoms with Crippen molar-refractivity contribution >= 4 is 5.91 Å². The van der Waals surface area contributed by atoms with Gasteiger partial charge in [-0.2, -0.15) is 0 Å². The van der Waals surface area contributed by atoms with Gasteiger partial charge in [0.15, 0.2) is 0 Å². The number of nitrogens with one attached hydrogen (secondary N) is 1. The molecule has 1 aromatic rings. The van der Waals surface area contributed by atoms with Gasteiger partial charge in [0.05, 0.1) is 0 Å². The second-order valence-electron chi connectivity index (χ2n) is 6.40. The smallest absolute Gasteiger partial charge is 0.220 e. The summed E-state index contributed by atoms with van der Waals surface area (Å²) in [5.41, 5.74) is 3.72. The Labute approximate surface area is 127 Å². The number of aliphatic hydroxyl groups is 1. The Morgan fingerprint density at radius 2 is 1.86 bits per heavy atom. The molecule has 0 heterocycles. The predicted octanol–water partition coefficient (Wildman–Crippen LogP) is 2.90. The quantitative estimate of drug-likeness (QED) is 0.875. The topological polar surface area (TPSA) is 49.3 Å². The van der Waals surface area contributed by atoms with Crippen LogP contribution < -0.4 is 5.32 Å². The van der Waals surface area contributed by atoms with Crippen molar-refractivity contribution in [3.05, 3.63) is 34.9 Å². The number of carbonyl (C=O) groups excluding carboxylic acids is 1. The highest BCUT2D eigenvalue weighted by atomic mass is 16.3.